The van der Waals surface area contributed by atoms with Gasteiger partial charge in [-0.1, -0.05) is 11.2 Å². The summed E-state index contributed by atoms with van der Waals surface area (Å²) in [4.78, 5) is 26.5. The molecule has 1 aliphatic rings. The summed E-state index contributed by atoms with van der Waals surface area (Å²) >= 11 is 0. The molecule has 0 aliphatic carbocycles. The summed E-state index contributed by atoms with van der Waals surface area (Å²) in [5, 5.41) is 3.73. The van der Waals surface area contributed by atoms with Crippen LogP contribution in [0.25, 0.3) is 11.0 Å². The number of aryl methyl sites for hydroxylation is 2. The minimum Gasteiger partial charge on any atom is -0.342 e. The zero-order chi connectivity index (χ0) is 16.7. The smallest absolute Gasteiger partial charge is 0.295 e. The van der Waals surface area contributed by atoms with Crippen molar-refractivity contribution in [3.63, 3.8) is 0 Å². The highest BCUT2D eigenvalue weighted by Gasteiger charge is 2.29. The van der Waals surface area contributed by atoms with Crippen molar-refractivity contribution in [2.45, 2.75) is 32.6 Å². The van der Waals surface area contributed by atoms with Crippen LogP contribution in [0.4, 0.5) is 0 Å². The molecule has 1 fully saturated rings. The van der Waals surface area contributed by atoms with Gasteiger partial charge in [0.15, 0.2) is 0 Å². The van der Waals surface area contributed by atoms with Gasteiger partial charge in [0.2, 0.25) is 5.89 Å². The number of likely N-dealkylation sites (tertiary alicyclic amines) is 1. The van der Waals surface area contributed by atoms with Crippen LogP contribution in [0.2, 0.25) is 0 Å². The van der Waals surface area contributed by atoms with Crippen LogP contribution in [-0.2, 0) is 0 Å². The van der Waals surface area contributed by atoms with Crippen LogP contribution in [-0.4, -0.2) is 44.0 Å². The number of hydrogen-bond acceptors (Lipinski definition) is 5. The van der Waals surface area contributed by atoms with Crippen molar-refractivity contribution in [1.82, 2.24) is 25.0 Å². The molecule has 1 amide bonds. The summed E-state index contributed by atoms with van der Waals surface area (Å²) in [6.45, 7) is 5.07. The van der Waals surface area contributed by atoms with Gasteiger partial charge in [0, 0.05) is 25.9 Å². The Morgan fingerprint density at radius 1 is 1.33 bits per heavy atom. The number of piperidine rings is 1. The summed E-state index contributed by atoms with van der Waals surface area (Å²) in [5.41, 5.74) is 3.21. The van der Waals surface area contributed by atoms with Crippen molar-refractivity contribution in [1.29, 1.82) is 0 Å². The SMILES string of the molecule is Cc1ccc2nc([C@@H]3CCCN(C(=O)c4noc(C)n4)C3)[nH]c2c1. The van der Waals surface area contributed by atoms with Gasteiger partial charge in [0.05, 0.1) is 11.0 Å². The van der Waals surface area contributed by atoms with Crippen LogP contribution in [0.1, 0.15) is 46.7 Å². The average Bonchev–Trinajstić information content (AvgIpc) is 3.20. The van der Waals surface area contributed by atoms with Crippen molar-refractivity contribution in [3.05, 3.63) is 41.3 Å². The van der Waals surface area contributed by atoms with Crippen molar-refractivity contribution < 1.29 is 9.32 Å². The molecule has 24 heavy (non-hydrogen) atoms. The van der Waals surface area contributed by atoms with Gasteiger partial charge in [-0.3, -0.25) is 4.79 Å². The van der Waals surface area contributed by atoms with E-state index in [0.29, 0.717) is 19.0 Å². The second-order valence-corrected chi connectivity index (χ2v) is 6.37. The van der Waals surface area contributed by atoms with Crippen molar-refractivity contribution in [3.8, 4) is 0 Å². The van der Waals surface area contributed by atoms with E-state index in [1.807, 2.05) is 6.07 Å². The van der Waals surface area contributed by atoms with E-state index in [0.717, 1.165) is 29.7 Å². The fourth-order valence-electron chi connectivity index (χ4n) is 3.25. The van der Waals surface area contributed by atoms with Crippen molar-refractivity contribution in [2.75, 3.05) is 13.1 Å². The minimum absolute atomic E-state index is 0.133. The van der Waals surface area contributed by atoms with Crippen LogP contribution >= 0.6 is 0 Å². The molecule has 1 aliphatic heterocycles. The molecule has 3 heterocycles. The fourth-order valence-corrected chi connectivity index (χ4v) is 3.25. The Labute approximate surface area is 139 Å². The number of H-pyrrole nitrogens is 1. The molecule has 124 valence electrons. The Balaban J connectivity index is 1.56. The maximum atomic E-state index is 12.5. The summed E-state index contributed by atoms with van der Waals surface area (Å²) in [5.74, 6) is 1.50. The molecule has 0 unspecified atom stereocenters. The Kier molecular flexibility index (Phi) is 3.55. The monoisotopic (exact) mass is 325 g/mol. The molecule has 1 aromatic carbocycles. The number of fused-ring (bicyclic) bond motifs is 1. The quantitative estimate of drug-likeness (QED) is 0.782. The predicted molar refractivity (Wildman–Crippen MR) is 87.7 cm³/mol. The predicted octanol–water partition coefficient (Wildman–Crippen LogP) is 2.58. The van der Waals surface area contributed by atoms with Gasteiger partial charge in [-0.15, -0.1) is 0 Å². The summed E-state index contributed by atoms with van der Waals surface area (Å²) in [7, 11) is 0. The molecule has 2 aromatic heterocycles. The third-order valence-corrected chi connectivity index (χ3v) is 4.47. The average molecular weight is 325 g/mol. The second-order valence-electron chi connectivity index (χ2n) is 6.37. The number of hydrogen-bond donors (Lipinski definition) is 1. The molecule has 0 radical (unpaired) electrons. The minimum atomic E-state index is -0.177. The zero-order valence-electron chi connectivity index (χ0n) is 13.7. The lowest BCUT2D eigenvalue weighted by Gasteiger charge is -2.30. The number of aromatic nitrogens is 4. The molecule has 1 N–H and O–H groups in total. The number of nitrogens with zero attached hydrogens (tertiary/aromatic N) is 4. The Morgan fingerprint density at radius 3 is 3.00 bits per heavy atom. The van der Waals surface area contributed by atoms with E-state index in [4.69, 9.17) is 9.51 Å². The summed E-state index contributed by atoms with van der Waals surface area (Å²) in [6.07, 6.45) is 1.94. The Hall–Kier alpha value is -2.70. The third-order valence-electron chi connectivity index (χ3n) is 4.47. The second kappa shape index (κ2) is 5.74. The molecule has 7 nitrogen and oxygen atoms in total. The van der Waals surface area contributed by atoms with E-state index in [1.54, 1.807) is 11.8 Å². The Bertz CT molecular complexity index is 897. The van der Waals surface area contributed by atoms with Gasteiger partial charge in [-0.05, 0) is 37.5 Å². The highest BCUT2D eigenvalue weighted by atomic mass is 16.5. The first-order chi connectivity index (χ1) is 11.6. The molecule has 0 spiro atoms. The molecule has 0 saturated carbocycles. The van der Waals surface area contributed by atoms with E-state index in [2.05, 4.69) is 34.2 Å². The standard InChI is InChI=1S/C17H19N5O2/c1-10-5-6-13-14(8-10)20-15(19-13)12-4-3-7-22(9-12)17(23)16-18-11(2)24-21-16/h5-6,8,12H,3-4,7,9H2,1-2H3,(H,19,20)/t12-/m1/s1. The number of amides is 1. The van der Waals surface area contributed by atoms with Crippen LogP contribution < -0.4 is 0 Å². The largest absolute Gasteiger partial charge is 0.342 e. The number of aromatic amines is 1. The molecular weight excluding hydrogens is 306 g/mol. The maximum Gasteiger partial charge on any atom is 0.295 e. The number of rotatable bonds is 2. The van der Waals surface area contributed by atoms with Crippen molar-refractivity contribution in [2.24, 2.45) is 0 Å². The van der Waals surface area contributed by atoms with Gasteiger partial charge in [0.1, 0.15) is 5.82 Å². The van der Waals surface area contributed by atoms with E-state index in [1.165, 1.54) is 5.56 Å². The lowest BCUT2D eigenvalue weighted by molar-refractivity contribution is 0.0689. The molecular formula is C17H19N5O2. The lowest BCUT2D eigenvalue weighted by atomic mass is 9.97. The summed E-state index contributed by atoms with van der Waals surface area (Å²) < 4.78 is 4.91. The summed E-state index contributed by atoms with van der Waals surface area (Å²) in [6, 6.07) is 6.18. The van der Waals surface area contributed by atoms with Gasteiger partial charge < -0.3 is 14.4 Å². The Morgan fingerprint density at radius 2 is 2.21 bits per heavy atom. The first-order valence-electron chi connectivity index (χ1n) is 8.16. The van der Waals surface area contributed by atoms with Gasteiger partial charge in [0.25, 0.3) is 11.7 Å². The van der Waals surface area contributed by atoms with E-state index >= 15 is 0 Å². The van der Waals surface area contributed by atoms with E-state index in [-0.39, 0.29) is 17.6 Å². The van der Waals surface area contributed by atoms with E-state index in [9.17, 15) is 4.79 Å². The number of benzene rings is 1. The van der Waals surface area contributed by atoms with Gasteiger partial charge in [-0.2, -0.15) is 4.98 Å². The topological polar surface area (TPSA) is 87.9 Å². The van der Waals surface area contributed by atoms with E-state index < -0.39 is 0 Å². The van der Waals surface area contributed by atoms with Gasteiger partial charge >= 0.3 is 0 Å². The molecule has 4 rings (SSSR count). The molecule has 0 bridgehead atoms. The number of carbonyl (C=O) groups is 1. The molecule has 1 saturated heterocycles. The van der Waals surface area contributed by atoms with Crippen LogP contribution in [0.15, 0.2) is 22.7 Å². The molecule has 3 aromatic rings. The normalized spacial score (nSPS) is 18.2. The number of nitrogens with one attached hydrogen (secondary N) is 1. The van der Waals surface area contributed by atoms with Crippen LogP contribution in [0, 0.1) is 13.8 Å². The van der Waals surface area contributed by atoms with Crippen LogP contribution in [0.3, 0.4) is 0 Å². The first kappa shape index (κ1) is 14.9. The number of imidazole rings is 1. The highest BCUT2D eigenvalue weighted by Crippen LogP contribution is 2.27. The first-order valence-corrected chi connectivity index (χ1v) is 8.16. The molecule has 7 heteroatoms. The zero-order valence-corrected chi connectivity index (χ0v) is 13.7. The number of carbonyl (C=O) groups excluding carboxylic acids is 1. The highest BCUT2D eigenvalue weighted by molar-refractivity contribution is 5.90. The molecule has 1 atom stereocenters. The maximum absolute atomic E-state index is 12.5. The van der Waals surface area contributed by atoms with Gasteiger partial charge in [-0.25, -0.2) is 4.98 Å². The fraction of sp³-hybridized carbons (Fsp3) is 0.412. The lowest BCUT2D eigenvalue weighted by Crippen LogP contribution is -2.39. The van der Waals surface area contributed by atoms with Crippen molar-refractivity contribution >= 4 is 16.9 Å². The van der Waals surface area contributed by atoms with Crippen LogP contribution in [0.5, 0.6) is 0 Å². The third kappa shape index (κ3) is 2.66.